The molecule has 4 nitrogen and oxygen atoms in total. The highest BCUT2D eigenvalue weighted by Crippen LogP contribution is 2.56. The molecule has 2 aliphatic carbocycles. The van der Waals surface area contributed by atoms with E-state index in [0.29, 0.717) is 0 Å². The van der Waals surface area contributed by atoms with E-state index in [1.54, 1.807) is 0 Å². The van der Waals surface area contributed by atoms with Crippen LogP contribution in [0.2, 0.25) is 0 Å². The van der Waals surface area contributed by atoms with E-state index < -0.39 is 0 Å². The molecule has 0 unspecified atom stereocenters. The van der Waals surface area contributed by atoms with Gasteiger partial charge in [-0.2, -0.15) is 0 Å². The smallest absolute Gasteiger partial charge is 0.252 e. The van der Waals surface area contributed by atoms with Crippen LogP contribution in [0.1, 0.15) is 176 Å². The summed E-state index contributed by atoms with van der Waals surface area (Å²) in [6.07, 6.45) is 3.32. The number of para-hydroxylation sites is 1. The van der Waals surface area contributed by atoms with Gasteiger partial charge in [-0.15, -0.1) is 0 Å². The van der Waals surface area contributed by atoms with E-state index in [4.69, 9.17) is 4.42 Å². The van der Waals surface area contributed by atoms with Crippen molar-refractivity contribution in [2.45, 2.75) is 175 Å². The first-order valence-corrected chi connectivity index (χ1v) is 33.8. The van der Waals surface area contributed by atoms with Gasteiger partial charge in [0.2, 0.25) is 0 Å². The predicted octanol–water partition coefficient (Wildman–Crippen LogP) is 22.7. The Kier molecular flexibility index (Phi) is 13.3. The van der Waals surface area contributed by atoms with E-state index in [-0.39, 0.29) is 44.6 Å². The molecule has 0 atom stereocenters. The Balaban J connectivity index is 1.11. The van der Waals surface area contributed by atoms with Crippen LogP contribution < -0.4 is 31.1 Å². The fourth-order valence-electron chi connectivity index (χ4n) is 16.7. The Morgan fingerprint density at radius 3 is 1.57 bits per heavy atom. The highest BCUT2D eigenvalue weighted by molar-refractivity contribution is 7.00. The molecular formula is C87H90BN3O. The van der Waals surface area contributed by atoms with Gasteiger partial charge in [0.05, 0.1) is 11.4 Å². The largest absolute Gasteiger partial charge is 0.456 e. The van der Waals surface area contributed by atoms with Gasteiger partial charge >= 0.3 is 0 Å². The van der Waals surface area contributed by atoms with Crippen molar-refractivity contribution < 1.29 is 4.42 Å². The molecule has 0 radical (unpaired) electrons. The Labute approximate surface area is 548 Å². The fourth-order valence-corrected chi connectivity index (χ4v) is 16.7. The minimum Gasteiger partial charge on any atom is -0.456 e. The van der Waals surface area contributed by atoms with Gasteiger partial charge in [-0.05, 0) is 214 Å². The minimum absolute atomic E-state index is 0.0230. The molecule has 1 aromatic heterocycles. The highest BCUT2D eigenvalue weighted by atomic mass is 16.3. The summed E-state index contributed by atoms with van der Waals surface area (Å²) < 4.78 is 6.66. The lowest BCUT2D eigenvalue weighted by Crippen LogP contribution is -2.62. The Morgan fingerprint density at radius 1 is 0.380 bits per heavy atom. The predicted molar refractivity (Wildman–Crippen MR) is 395 cm³/mol. The first kappa shape index (κ1) is 59.8. The third-order valence-corrected chi connectivity index (χ3v) is 21.8. The monoisotopic (exact) mass is 1200 g/mol. The summed E-state index contributed by atoms with van der Waals surface area (Å²) in [7, 11) is 0. The van der Waals surface area contributed by atoms with Gasteiger partial charge in [-0.3, -0.25) is 0 Å². The van der Waals surface area contributed by atoms with Crippen molar-refractivity contribution in [1.82, 2.24) is 0 Å². The molecule has 5 heteroatoms. The lowest BCUT2D eigenvalue weighted by Gasteiger charge is -2.48. The van der Waals surface area contributed by atoms with Crippen molar-refractivity contribution in [3.05, 3.63) is 239 Å². The van der Waals surface area contributed by atoms with E-state index in [1.807, 2.05) is 0 Å². The summed E-state index contributed by atoms with van der Waals surface area (Å²) in [4.78, 5) is 7.94. The third-order valence-electron chi connectivity index (χ3n) is 21.8. The van der Waals surface area contributed by atoms with Gasteiger partial charge in [-0.1, -0.05) is 233 Å². The topological polar surface area (TPSA) is 22.9 Å². The molecule has 462 valence electrons. The van der Waals surface area contributed by atoms with E-state index in [2.05, 4.69) is 333 Å². The zero-order valence-electron chi connectivity index (χ0n) is 57.5. The van der Waals surface area contributed by atoms with Crippen molar-refractivity contribution in [2.75, 3.05) is 14.7 Å². The van der Waals surface area contributed by atoms with Gasteiger partial charge in [0.25, 0.3) is 6.71 Å². The first-order valence-electron chi connectivity index (χ1n) is 33.8. The molecule has 15 rings (SSSR count). The second-order valence-corrected chi connectivity index (χ2v) is 33.2. The first-order chi connectivity index (χ1) is 43.5. The zero-order valence-corrected chi connectivity index (χ0v) is 57.5. The summed E-state index contributed by atoms with van der Waals surface area (Å²) in [5, 5.41) is 2.28. The maximum absolute atomic E-state index is 6.66. The van der Waals surface area contributed by atoms with Crippen molar-refractivity contribution in [2.24, 2.45) is 0 Å². The molecule has 2 aliphatic heterocycles. The molecule has 0 bridgehead atoms. The molecule has 0 saturated carbocycles. The van der Waals surface area contributed by atoms with Crippen LogP contribution in [0.4, 0.5) is 51.2 Å². The summed E-state index contributed by atoms with van der Waals surface area (Å²) in [5.74, 6) is 0. The number of fused-ring (bicyclic) bond motifs is 9. The summed E-state index contributed by atoms with van der Waals surface area (Å²) >= 11 is 0. The highest BCUT2D eigenvalue weighted by Gasteiger charge is 2.49. The van der Waals surface area contributed by atoms with Crippen LogP contribution >= 0.6 is 0 Å². The lowest BCUT2D eigenvalue weighted by molar-refractivity contribution is 0.332. The van der Waals surface area contributed by atoms with Gasteiger partial charge in [0.1, 0.15) is 11.2 Å². The van der Waals surface area contributed by atoms with Crippen LogP contribution in [-0.2, 0) is 37.9 Å². The summed E-state index contributed by atoms with van der Waals surface area (Å²) in [6.45, 7) is 40.6. The van der Waals surface area contributed by atoms with E-state index in [1.165, 1.54) is 106 Å². The molecule has 0 amide bonds. The summed E-state index contributed by atoms with van der Waals surface area (Å²) in [5.41, 5.74) is 30.4. The number of hydrogen-bond donors (Lipinski definition) is 0. The van der Waals surface area contributed by atoms with Gasteiger partial charge in [0.15, 0.2) is 0 Å². The maximum atomic E-state index is 6.66. The van der Waals surface area contributed by atoms with Crippen molar-refractivity contribution in [3.63, 3.8) is 0 Å². The van der Waals surface area contributed by atoms with Crippen LogP contribution in [0.25, 0.3) is 44.2 Å². The molecular weight excluding hydrogens is 1110 g/mol. The number of hydrogen-bond acceptors (Lipinski definition) is 4. The third kappa shape index (κ3) is 9.59. The molecule has 0 spiro atoms. The normalized spacial score (nSPS) is 16.7. The molecule has 3 heterocycles. The standard InChI is InChI=1S/C87H90BN3O/c1-81(2,3)56-31-36-59(37-32-56)89(60-38-33-57(34-39-60)82(4,5)6)62-49-75-80-76(50-62)91(72-43-35-58(83(7,8)9)47-65(72)54-24-19-18-20-25-54)73-42-30-55(63-27-23-29-78-79(63)64-26-21-22-28-77(64)92-78)46-70(73)88(80)71-51-68-69(85(12,13)45-44-84(68,10)11)52-74(71)90(75)61-40-41-66-67(48-61)87(16,17)53-86(66,14)15/h18-43,46-52H,44-45,53H2,1-17H3. The number of anilines is 9. The Hall–Kier alpha value is -8.54. The molecule has 4 aliphatic rings. The van der Waals surface area contributed by atoms with Crippen molar-refractivity contribution in [1.29, 1.82) is 0 Å². The van der Waals surface area contributed by atoms with Crippen molar-refractivity contribution in [3.8, 4) is 22.3 Å². The van der Waals surface area contributed by atoms with Crippen LogP contribution in [-0.4, -0.2) is 6.71 Å². The molecule has 10 aromatic carbocycles. The average molecular weight is 1200 g/mol. The fraction of sp³-hybridized carbons (Fsp3) is 0.310. The van der Waals surface area contributed by atoms with E-state index in [9.17, 15) is 0 Å². The SMILES string of the molecule is CC(C)(C)c1ccc(N(c2ccc(C(C)(C)C)cc2)c2cc3c4c(c2)N(c2ccc(C(C)(C)C)cc2-c2ccccc2)c2ccc(-c5cccc6oc7ccccc7c56)cc2B4c2cc4c(cc2N3c2ccc3c(c2)C(C)(C)CC3(C)C)C(C)(C)CCC4(C)C)cc1. The number of furan rings is 1. The van der Waals surface area contributed by atoms with E-state index >= 15 is 0 Å². The van der Waals surface area contributed by atoms with Gasteiger partial charge in [-0.25, -0.2) is 0 Å². The van der Waals surface area contributed by atoms with Crippen LogP contribution in [0.15, 0.2) is 205 Å². The zero-order chi connectivity index (χ0) is 64.6. The average Bonchev–Trinajstić information content (AvgIpc) is 0.746. The number of nitrogens with zero attached hydrogens (tertiary/aromatic N) is 3. The Bertz CT molecular complexity index is 4730. The second-order valence-electron chi connectivity index (χ2n) is 33.2. The van der Waals surface area contributed by atoms with Gasteiger partial charge < -0.3 is 19.1 Å². The van der Waals surface area contributed by atoms with E-state index in [0.717, 1.165) is 64.0 Å². The van der Waals surface area contributed by atoms with Crippen LogP contribution in [0.5, 0.6) is 0 Å². The molecule has 92 heavy (non-hydrogen) atoms. The number of benzene rings is 10. The Morgan fingerprint density at radius 2 is 0.924 bits per heavy atom. The summed E-state index contributed by atoms with van der Waals surface area (Å²) in [6, 6.07) is 77.9. The molecule has 0 fully saturated rings. The molecule has 11 aromatic rings. The van der Waals surface area contributed by atoms with Crippen molar-refractivity contribution >= 4 is 96.2 Å². The maximum Gasteiger partial charge on any atom is 0.252 e. The van der Waals surface area contributed by atoms with Crippen LogP contribution in [0, 0.1) is 0 Å². The lowest BCUT2D eigenvalue weighted by atomic mass is 9.33. The van der Waals surface area contributed by atoms with Gasteiger partial charge in [0, 0.05) is 56.1 Å². The number of rotatable bonds is 7. The molecule has 0 N–H and O–H groups in total. The quantitative estimate of drug-likeness (QED) is 0.148. The second kappa shape index (κ2) is 20.5. The van der Waals surface area contributed by atoms with Crippen LogP contribution in [0.3, 0.4) is 0 Å². The minimum atomic E-state index is -0.164. The molecule has 0 saturated heterocycles.